The van der Waals surface area contributed by atoms with Crippen LogP contribution in [-0.2, 0) is 11.3 Å². The lowest BCUT2D eigenvalue weighted by atomic mass is 10.1. The van der Waals surface area contributed by atoms with E-state index >= 15 is 0 Å². The molecular formula is C16H17NO3. The molecule has 0 aromatic heterocycles. The van der Waals surface area contributed by atoms with Gasteiger partial charge < -0.3 is 15.2 Å². The van der Waals surface area contributed by atoms with Gasteiger partial charge in [-0.15, -0.1) is 0 Å². The Kier molecular flexibility index (Phi) is 4.60. The number of para-hydroxylation sites is 1. The molecule has 4 heteroatoms. The van der Waals surface area contributed by atoms with E-state index in [2.05, 4.69) is 5.32 Å². The quantitative estimate of drug-likeness (QED) is 0.896. The summed E-state index contributed by atoms with van der Waals surface area (Å²) in [4.78, 5) is 11.7. The largest absolute Gasteiger partial charge is 0.508 e. The fraction of sp³-hybridized carbons (Fsp3) is 0.188. The number of amides is 1. The molecule has 0 unspecified atom stereocenters. The maximum Gasteiger partial charge on any atom is 0.407 e. The van der Waals surface area contributed by atoms with E-state index in [0.29, 0.717) is 5.56 Å². The fourth-order valence-corrected chi connectivity index (χ4v) is 1.87. The summed E-state index contributed by atoms with van der Waals surface area (Å²) in [7, 11) is 0. The summed E-state index contributed by atoms with van der Waals surface area (Å²) in [6, 6.07) is 16.0. The van der Waals surface area contributed by atoms with Crippen molar-refractivity contribution < 1.29 is 14.6 Å². The number of aromatic hydroxyl groups is 1. The Hall–Kier alpha value is -2.49. The van der Waals surface area contributed by atoms with E-state index in [9.17, 15) is 9.90 Å². The molecule has 2 N–H and O–H groups in total. The first-order valence-electron chi connectivity index (χ1n) is 6.42. The predicted molar refractivity (Wildman–Crippen MR) is 76.3 cm³/mol. The second kappa shape index (κ2) is 6.61. The van der Waals surface area contributed by atoms with E-state index in [-0.39, 0.29) is 18.4 Å². The number of phenols is 1. The van der Waals surface area contributed by atoms with E-state index in [1.807, 2.05) is 36.4 Å². The van der Waals surface area contributed by atoms with Crippen molar-refractivity contribution in [2.75, 3.05) is 0 Å². The highest BCUT2D eigenvalue weighted by atomic mass is 16.5. The van der Waals surface area contributed by atoms with Crippen LogP contribution in [0.15, 0.2) is 54.6 Å². The van der Waals surface area contributed by atoms with Crippen molar-refractivity contribution in [3.8, 4) is 5.75 Å². The van der Waals surface area contributed by atoms with Crippen LogP contribution in [0.3, 0.4) is 0 Å². The van der Waals surface area contributed by atoms with Gasteiger partial charge in [0.25, 0.3) is 0 Å². The smallest absolute Gasteiger partial charge is 0.407 e. The fourth-order valence-electron chi connectivity index (χ4n) is 1.87. The molecule has 0 saturated carbocycles. The molecule has 0 fully saturated rings. The van der Waals surface area contributed by atoms with Gasteiger partial charge in [0, 0.05) is 5.56 Å². The molecule has 4 nitrogen and oxygen atoms in total. The molecule has 0 aliphatic heterocycles. The topological polar surface area (TPSA) is 58.6 Å². The highest BCUT2D eigenvalue weighted by Gasteiger charge is 2.13. The van der Waals surface area contributed by atoms with Crippen molar-refractivity contribution in [1.82, 2.24) is 5.32 Å². The Bertz CT molecular complexity index is 569. The van der Waals surface area contributed by atoms with Gasteiger partial charge in [-0.1, -0.05) is 48.5 Å². The number of carbonyl (C=O) groups is 1. The van der Waals surface area contributed by atoms with E-state index in [1.54, 1.807) is 25.1 Å². The van der Waals surface area contributed by atoms with Crippen molar-refractivity contribution >= 4 is 6.09 Å². The molecule has 1 amide bonds. The molecule has 2 rings (SSSR count). The number of benzene rings is 2. The number of phenolic OH excluding ortho intramolecular Hbond substituents is 1. The highest BCUT2D eigenvalue weighted by Crippen LogP contribution is 2.23. The van der Waals surface area contributed by atoms with Crippen LogP contribution >= 0.6 is 0 Å². The Morgan fingerprint density at radius 1 is 1.15 bits per heavy atom. The lowest BCUT2D eigenvalue weighted by Gasteiger charge is -2.15. The third-order valence-electron chi connectivity index (χ3n) is 2.95. The summed E-state index contributed by atoms with van der Waals surface area (Å²) in [6.45, 7) is 2.01. The van der Waals surface area contributed by atoms with Crippen molar-refractivity contribution in [3.05, 3.63) is 65.7 Å². The lowest BCUT2D eigenvalue weighted by molar-refractivity contribution is 0.136. The van der Waals surface area contributed by atoms with Crippen LogP contribution in [0.5, 0.6) is 5.75 Å². The maximum absolute atomic E-state index is 11.7. The zero-order chi connectivity index (χ0) is 14.4. The van der Waals surface area contributed by atoms with Gasteiger partial charge in [0.1, 0.15) is 12.4 Å². The Morgan fingerprint density at radius 2 is 1.80 bits per heavy atom. The SMILES string of the molecule is C[C@H](NC(=O)OCc1ccccc1)c1ccccc1O. The molecule has 0 heterocycles. The number of carbonyl (C=O) groups excluding carboxylic acids is 1. The van der Waals surface area contributed by atoms with Crippen LogP contribution in [0.4, 0.5) is 4.79 Å². The summed E-state index contributed by atoms with van der Waals surface area (Å²) in [5.74, 6) is 0.156. The predicted octanol–water partition coefficient (Wildman–Crippen LogP) is 3.38. The minimum absolute atomic E-state index is 0.156. The minimum Gasteiger partial charge on any atom is -0.508 e. The standard InChI is InChI=1S/C16H17NO3/c1-12(14-9-5-6-10-15(14)18)17-16(19)20-11-13-7-3-2-4-8-13/h2-10,12,18H,11H2,1H3,(H,17,19)/t12-/m0/s1. The first kappa shape index (κ1) is 13.9. The van der Waals surface area contributed by atoms with E-state index in [0.717, 1.165) is 5.56 Å². The zero-order valence-electron chi connectivity index (χ0n) is 11.2. The second-order valence-corrected chi connectivity index (χ2v) is 4.49. The van der Waals surface area contributed by atoms with E-state index in [1.165, 1.54) is 0 Å². The Morgan fingerprint density at radius 3 is 2.50 bits per heavy atom. The molecule has 0 aliphatic rings. The van der Waals surface area contributed by atoms with Crippen molar-refractivity contribution in [2.45, 2.75) is 19.6 Å². The molecule has 0 spiro atoms. The van der Waals surface area contributed by atoms with Crippen LogP contribution in [0, 0.1) is 0 Å². The Balaban J connectivity index is 1.87. The van der Waals surface area contributed by atoms with E-state index < -0.39 is 6.09 Å². The average Bonchev–Trinajstić information content (AvgIpc) is 2.46. The third-order valence-corrected chi connectivity index (χ3v) is 2.95. The Labute approximate surface area is 118 Å². The van der Waals surface area contributed by atoms with Gasteiger partial charge >= 0.3 is 6.09 Å². The van der Waals surface area contributed by atoms with Gasteiger partial charge in [-0.2, -0.15) is 0 Å². The molecule has 0 aliphatic carbocycles. The van der Waals surface area contributed by atoms with Gasteiger partial charge in [-0.3, -0.25) is 0 Å². The number of ether oxygens (including phenoxy) is 1. The highest BCUT2D eigenvalue weighted by molar-refractivity contribution is 5.68. The molecule has 2 aromatic rings. The number of hydrogen-bond acceptors (Lipinski definition) is 3. The molecule has 2 aromatic carbocycles. The number of rotatable bonds is 4. The van der Waals surface area contributed by atoms with Gasteiger partial charge in [-0.25, -0.2) is 4.79 Å². The number of hydrogen-bond donors (Lipinski definition) is 2. The molecule has 1 atom stereocenters. The van der Waals surface area contributed by atoms with Crippen LogP contribution < -0.4 is 5.32 Å². The first-order chi connectivity index (χ1) is 9.66. The van der Waals surface area contributed by atoms with Gasteiger partial charge in [-0.05, 0) is 18.6 Å². The molecule has 0 bridgehead atoms. The van der Waals surface area contributed by atoms with Crippen molar-refractivity contribution in [3.63, 3.8) is 0 Å². The van der Waals surface area contributed by atoms with Crippen LogP contribution in [0.25, 0.3) is 0 Å². The van der Waals surface area contributed by atoms with Gasteiger partial charge in [0.15, 0.2) is 0 Å². The first-order valence-corrected chi connectivity index (χ1v) is 6.42. The average molecular weight is 271 g/mol. The molecule has 0 saturated heterocycles. The van der Waals surface area contributed by atoms with Gasteiger partial charge in [0.05, 0.1) is 6.04 Å². The number of nitrogens with one attached hydrogen (secondary N) is 1. The molecule has 104 valence electrons. The molecule has 0 radical (unpaired) electrons. The van der Waals surface area contributed by atoms with Crippen LogP contribution in [0.2, 0.25) is 0 Å². The maximum atomic E-state index is 11.7. The van der Waals surface area contributed by atoms with Gasteiger partial charge in [0.2, 0.25) is 0 Å². The van der Waals surface area contributed by atoms with Crippen LogP contribution in [-0.4, -0.2) is 11.2 Å². The normalized spacial score (nSPS) is 11.7. The monoisotopic (exact) mass is 271 g/mol. The summed E-state index contributed by atoms with van der Waals surface area (Å²) in [6.07, 6.45) is -0.510. The third kappa shape index (κ3) is 3.75. The summed E-state index contributed by atoms with van der Waals surface area (Å²) in [5, 5.41) is 12.4. The van der Waals surface area contributed by atoms with Crippen molar-refractivity contribution in [1.29, 1.82) is 0 Å². The van der Waals surface area contributed by atoms with E-state index in [4.69, 9.17) is 4.74 Å². The van der Waals surface area contributed by atoms with Crippen LogP contribution in [0.1, 0.15) is 24.1 Å². The summed E-state index contributed by atoms with van der Waals surface area (Å²) < 4.78 is 5.13. The summed E-state index contributed by atoms with van der Waals surface area (Å²) >= 11 is 0. The second-order valence-electron chi connectivity index (χ2n) is 4.49. The summed E-state index contributed by atoms with van der Waals surface area (Å²) in [5.41, 5.74) is 1.59. The molecule has 20 heavy (non-hydrogen) atoms. The molecular weight excluding hydrogens is 254 g/mol. The van der Waals surface area contributed by atoms with Crippen molar-refractivity contribution in [2.24, 2.45) is 0 Å². The number of alkyl carbamates (subject to hydrolysis) is 1. The minimum atomic E-state index is -0.510. The zero-order valence-corrected chi connectivity index (χ0v) is 11.2. The lowest BCUT2D eigenvalue weighted by Crippen LogP contribution is -2.27.